The molecule has 0 atom stereocenters. The van der Waals surface area contributed by atoms with Gasteiger partial charge in [0.25, 0.3) is 0 Å². The Morgan fingerprint density at radius 1 is 0.833 bits per heavy atom. The third-order valence-electron chi connectivity index (χ3n) is 0.780. The topological polar surface area (TPSA) is 12.0 Å². The van der Waals surface area contributed by atoms with Gasteiger partial charge in [-0.25, -0.2) is 0 Å². The maximum absolute atomic E-state index is 3.07. The van der Waals surface area contributed by atoms with Crippen molar-refractivity contribution < 1.29 is 0 Å². The molecule has 0 aromatic carbocycles. The molecule has 1 nitrogen and oxygen atoms in total. The second-order valence-corrected chi connectivity index (χ2v) is 1.46. The summed E-state index contributed by atoms with van der Waals surface area (Å²) in [5.74, 6) is 0. The zero-order valence-corrected chi connectivity index (χ0v) is 10.6. The number of rotatable bonds is 3. The Morgan fingerprint density at radius 2 is 1.17 bits per heavy atom. The van der Waals surface area contributed by atoms with E-state index in [0.29, 0.717) is 0 Å². The smallest absolute Gasteiger partial charge is 0.00520 e. The van der Waals surface area contributed by atoms with Crippen LogP contribution in [-0.2, 0) is 0 Å². The minimum absolute atomic E-state index is 1.16. The second-order valence-electron chi connectivity index (χ2n) is 1.46. The number of hydrogen-bond donors (Lipinski definition) is 1. The zero-order valence-electron chi connectivity index (χ0n) is 10.6. The van der Waals surface area contributed by atoms with Gasteiger partial charge < -0.3 is 5.32 Å². The summed E-state index contributed by atoms with van der Waals surface area (Å²) < 4.78 is 0. The molecule has 12 heavy (non-hydrogen) atoms. The van der Waals surface area contributed by atoms with E-state index in [1.165, 1.54) is 12.8 Å². The molecule has 0 aliphatic carbocycles. The van der Waals surface area contributed by atoms with Crippen LogP contribution in [0.1, 0.15) is 61.3 Å². The van der Waals surface area contributed by atoms with Crippen LogP contribution in [-0.4, -0.2) is 13.6 Å². The summed E-state index contributed by atoms with van der Waals surface area (Å²) in [7, 11) is 1.98. The van der Waals surface area contributed by atoms with Gasteiger partial charge in [0.05, 0.1) is 0 Å². The highest BCUT2D eigenvalue weighted by Gasteiger charge is 1.73. The molecular formula is C11H31N. The lowest BCUT2D eigenvalue weighted by Gasteiger charge is -1.89. The quantitative estimate of drug-likeness (QED) is 0.640. The van der Waals surface area contributed by atoms with Gasteiger partial charge in [0.1, 0.15) is 0 Å². The Balaban J connectivity index is -0.0000000453. The normalized spacial score (nSPS) is 6.00. The molecule has 0 saturated carbocycles. The van der Waals surface area contributed by atoms with Crippen LogP contribution in [0.5, 0.6) is 0 Å². The Kier molecular flexibility index (Phi) is 131. The van der Waals surface area contributed by atoms with Crippen molar-refractivity contribution in [2.24, 2.45) is 0 Å². The van der Waals surface area contributed by atoms with Crippen LogP contribution in [0.2, 0.25) is 0 Å². The van der Waals surface area contributed by atoms with E-state index >= 15 is 0 Å². The van der Waals surface area contributed by atoms with Gasteiger partial charge in [0.15, 0.2) is 0 Å². The summed E-state index contributed by atoms with van der Waals surface area (Å²) in [5.41, 5.74) is 0. The van der Waals surface area contributed by atoms with E-state index in [9.17, 15) is 0 Å². The number of hydrogen-bond acceptors (Lipinski definition) is 1. The average molecular weight is 177 g/mol. The molecule has 0 heterocycles. The van der Waals surface area contributed by atoms with Crippen molar-refractivity contribution in [3.63, 3.8) is 0 Å². The van der Waals surface area contributed by atoms with Crippen LogP contribution in [0.3, 0.4) is 0 Å². The first-order valence-corrected chi connectivity index (χ1v) is 5.56. The number of unbranched alkanes of at least 4 members (excludes halogenated alkanes) is 1. The lowest BCUT2D eigenvalue weighted by Crippen LogP contribution is -2.06. The maximum Gasteiger partial charge on any atom is -0.00520 e. The van der Waals surface area contributed by atoms with E-state index < -0.39 is 0 Å². The molecule has 0 aromatic heterocycles. The molecule has 0 fully saturated rings. The van der Waals surface area contributed by atoms with Crippen LogP contribution in [0.15, 0.2) is 0 Å². The molecular weight excluding hydrogens is 146 g/mol. The highest BCUT2D eigenvalue weighted by Crippen LogP contribution is 1.79. The summed E-state index contributed by atoms with van der Waals surface area (Å²) in [5, 5.41) is 3.07. The molecule has 0 saturated heterocycles. The first-order chi connectivity index (χ1) is 5.91. The fraction of sp³-hybridized carbons (Fsp3) is 1.00. The summed E-state index contributed by atoms with van der Waals surface area (Å²) in [6, 6.07) is 0. The molecule has 0 aliphatic heterocycles. The fourth-order valence-corrected chi connectivity index (χ4v) is 0.354. The van der Waals surface area contributed by atoms with E-state index in [0.717, 1.165) is 6.54 Å². The van der Waals surface area contributed by atoms with Crippen molar-refractivity contribution in [1.82, 2.24) is 5.32 Å². The van der Waals surface area contributed by atoms with Crippen LogP contribution in [0, 0.1) is 0 Å². The minimum atomic E-state index is 1.16. The van der Waals surface area contributed by atoms with Crippen LogP contribution in [0.4, 0.5) is 0 Å². The standard InChI is InChI=1S/C5H13N.3C2H6/c1-3-4-5-6-2;3*1-2/h6H,3-5H2,1-2H3;3*1-2H3. The van der Waals surface area contributed by atoms with Crippen LogP contribution >= 0.6 is 0 Å². The molecule has 0 unspecified atom stereocenters. The third-order valence-corrected chi connectivity index (χ3v) is 0.780. The first-order valence-electron chi connectivity index (χ1n) is 5.56. The molecule has 0 aromatic rings. The molecule has 0 spiro atoms. The minimum Gasteiger partial charge on any atom is -0.320 e. The molecule has 1 heteroatoms. The molecule has 1 N–H and O–H groups in total. The number of nitrogens with one attached hydrogen (secondary N) is 1. The molecule has 0 bridgehead atoms. The second kappa shape index (κ2) is 69.3. The molecule has 0 radical (unpaired) electrons. The molecule has 0 rings (SSSR count). The van der Waals surface area contributed by atoms with Gasteiger partial charge in [0, 0.05) is 0 Å². The Bertz CT molecular complexity index is 17.0. The van der Waals surface area contributed by atoms with E-state index in [4.69, 9.17) is 0 Å². The summed E-state index contributed by atoms with van der Waals surface area (Å²) >= 11 is 0. The van der Waals surface area contributed by atoms with E-state index in [1.54, 1.807) is 0 Å². The van der Waals surface area contributed by atoms with Crippen molar-refractivity contribution in [2.75, 3.05) is 13.6 Å². The van der Waals surface area contributed by atoms with E-state index in [-0.39, 0.29) is 0 Å². The first kappa shape index (κ1) is 22.7. The van der Waals surface area contributed by atoms with Gasteiger partial charge in [-0.15, -0.1) is 0 Å². The molecule has 0 aliphatic rings. The van der Waals surface area contributed by atoms with Crippen molar-refractivity contribution in [3.8, 4) is 0 Å². The lowest BCUT2D eigenvalue weighted by atomic mass is 10.3. The van der Waals surface area contributed by atoms with Crippen molar-refractivity contribution in [1.29, 1.82) is 0 Å². The van der Waals surface area contributed by atoms with Gasteiger partial charge in [-0.1, -0.05) is 54.9 Å². The zero-order chi connectivity index (χ0) is 10.8. The fourth-order valence-electron chi connectivity index (χ4n) is 0.354. The van der Waals surface area contributed by atoms with Gasteiger partial charge in [0.2, 0.25) is 0 Å². The SMILES string of the molecule is CC.CC.CC.CCCCNC. The lowest BCUT2D eigenvalue weighted by molar-refractivity contribution is 0.711. The third kappa shape index (κ3) is 91.3. The summed E-state index contributed by atoms with van der Waals surface area (Å²) in [6.45, 7) is 15.4. The largest absolute Gasteiger partial charge is 0.320 e. The highest BCUT2D eigenvalue weighted by atomic mass is 14.8. The maximum atomic E-state index is 3.07. The summed E-state index contributed by atoms with van der Waals surface area (Å²) in [4.78, 5) is 0. The van der Waals surface area contributed by atoms with E-state index in [2.05, 4.69) is 12.2 Å². The van der Waals surface area contributed by atoms with Crippen molar-refractivity contribution in [2.45, 2.75) is 61.3 Å². The predicted molar refractivity (Wildman–Crippen MR) is 62.9 cm³/mol. The highest BCUT2D eigenvalue weighted by molar-refractivity contribution is 4.34. The Labute approximate surface area is 81.0 Å². The predicted octanol–water partition coefficient (Wildman–Crippen LogP) is 4.08. The van der Waals surface area contributed by atoms with Gasteiger partial charge >= 0.3 is 0 Å². The van der Waals surface area contributed by atoms with Gasteiger partial charge in [-0.3, -0.25) is 0 Å². The summed E-state index contributed by atoms with van der Waals surface area (Å²) in [6.07, 6.45) is 2.59. The molecule has 0 amide bonds. The van der Waals surface area contributed by atoms with Gasteiger partial charge in [-0.05, 0) is 20.0 Å². The van der Waals surface area contributed by atoms with Crippen molar-refractivity contribution >= 4 is 0 Å². The van der Waals surface area contributed by atoms with Gasteiger partial charge in [-0.2, -0.15) is 0 Å². The monoisotopic (exact) mass is 177 g/mol. The Morgan fingerprint density at radius 3 is 1.25 bits per heavy atom. The Hall–Kier alpha value is -0.0400. The van der Waals surface area contributed by atoms with E-state index in [1.807, 2.05) is 48.6 Å². The molecule has 80 valence electrons. The van der Waals surface area contributed by atoms with Crippen molar-refractivity contribution in [3.05, 3.63) is 0 Å². The average Bonchev–Trinajstić information content (AvgIpc) is 2.24. The van der Waals surface area contributed by atoms with Crippen LogP contribution < -0.4 is 5.32 Å². The van der Waals surface area contributed by atoms with Crippen LogP contribution in [0.25, 0.3) is 0 Å².